The normalized spacial score (nSPS) is 21.6. The Kier molecular flexibility index (Phi) is 13.2. The highest BCUT2D eigenvalue weighted by molar-refractivity contribution is 5.91. The minimum Gasteiger partial charge on any atom is -0.465 e. The van der Waals surface area contributed by atoms with Gasteiger partial charge in [-0.25, -0.2) is 14.8 Å². The summed E-state index contributed by atoms with van der Waals surface area (Å²) in [5.41, 5.74) is 5.77. The molecule has 324 valence electrons. The van der Waals surface area contributed by atoms with Crippen LogP contribution in [0, 0.1) is 29.6 Å². The molecule has 3 heterocycles. The van der Waals surface area contributed by atoms with Gasteiger partial charge in [0.1, 0.15) is 30.3 Å². The number of ether oxygens (including phenoxy) is 2. The molecule has 1 saturated heterocycles. The Morgan fingerprint density at radius 3 is 1.93 bits per heavy atom. The predicted octanol–water partition coefficient (Wildman–Crippen LogP) is 6.13. The van der Waals surface area contributed by atoms with Crippen molar-refractivity contribution >= 4 is 29.8 Å². The highest BCUT2D eigenvalue weighted by Crippen LogP contribution is 2.56. The Balaban J connectivity index is 0.993. The molecule has 0 spiro atoms. The zero-order valence-corrected chi connectivity index (χ0v) is 35.8. The second-order valence-electron chi connectivity index (χ2n) is 17.2. The van der Waals surface area contributed by atoms with Crippen LogP contribution >= 0.6 is 0 Å². The zero-order chi connectivity index (χ0) is 43.4. The van der Waals surface area contributed by atoms with Crippen molar-refractivity contribution in [2.45, 2.75) is 90.8 Å². The van der Waals surface area contributed by atoms with Crippen LogP contribution < -0.4 is 16.0 Å². The van der Waals surface area contributed by atoms with Crippen LogP contribution in [0.25, 0.3) is 33.6 Å². The van der Waals surface area contributed by atoms with E-state index in [0.29, 0.717) is 12.5 Å². The van der Waals surface area contributed by atoms with E-state index in [4.69, 9.17) is 14.5 Å². The molecule has 2 bridgehead atoms. The maximum absolute atomic E-state index is 13.9. The number of nitrogens with zero attached hydrogens (tertiary/aromatic N) is 3. The van der Waals surface area contributed by atoms with Gasteiger partial charge in [-0.3, -0.25) is 19.2 Å². The van der Waals surface area contributed by atoms with E-state index in [1.807, 2.05) is 33.9 Å². The average Bonchev–Trinajstić information content (AvgIpc) is 4.12. The summed E-state index contributed by atoms with van der Waals surface area (Å²) in [6.07, 6.45) is 7.58. The molecule has 2 aromatic carbocycles. The number of aromatic nitrogens is 4. The number of carbonyl (C=O) groups excluding carboxylic acids is 5. The van der Waals surface area contributed by atoms with E-state index in [1.165, 1.54) is 7.11 Å². The van der Waals surface area contributed by atoms with Crippen LogP contribution in [-0.2, 0) is 28.7 Å². The fourth-order valence-corrected chi connectivity index (χ4v) is 9.51. The Morgan fingerprint density at radius 1 is 0.770 bits per heavy atom. The molecule has 61 heavy (non-hydrogen) atoms. The van der Waals surface area contributed by atoms with E-state index in [9.17, 15) is 24.0 Å². The first-order valence-corrected chi connectivity index (χ1v) is 21.6. The van der Waals surface area contributed by atoms with Gasteiger partial charge in [0.15, 0.2) is 0 Å². The Labute approximate surface area is 356 Å². The van der Waals surface area contributed by atoms with Crippen molar-refractivity contribution in [2.24, 2.45) is 29.6 Å². The molecule has 0 unspecified atom stereocenters. The number of rotatable bonds is 15. The fourth-order valence-electron chi connectivity index (χ4n) is 9.51. The third kappa shape index (κ3) is 9.35. The Bertz CT molecular complexity index is 2200. The van der Waals surface area contributed by atoms with Crippen LogP contribution in [-0.4, -0.2) is 93.5 Å². The zero-order valence-electron chi connectivity index (χ0n) is 35.8. The van der Waals surface area contributed by atoms with Gasteiger partial charge in [0.05, 0.1) is 49.5 Å². The number of esters is 1. The summed E-state index contributed by atoms with van der Waals surface area (Å²) in [6.45, 7) is 9.82. The number of fused-ring (bicyclic) bond motifs is 2. The van der Waals surface area contributed by atoms with Crippen molar-refractivity contribution in [1.82, 2.24) is 40.8 Å². The van der Waals surface area contributed by atoms with E-state index < -0.39 is 30.1 Å². The first kappa shape index (κ1) is 43.1. The van der Waals surface area contributed by atoms with Crippen molar-refractivity contribution in [3.8, 4) is 33.6 Å². The van der Waals surface area contributed by atoms with E-state index in [-0.39, 0.29) is 60.6 Å². The molecule has 4 amide bonds. The molecular formula is C46H58N8O7. The third-order valence-electron chi connectivity index (χ3n) is 12.7. The lowest BCUT2D eigenvalue weighted by Gasteiger charge is -2.31. The van der Waals surface area contributed by atoms with Gasteiger partial charge < -0.3 is 40.3 Å². The molecule has 2 aliphatic carbocycles. The molecular weight excluding hydrogens is 777 g/mol. The molecule has 4 aromatic rings. The van der Waals surface area contributed by atoms with Crippen LogP contribution in [0.15, 0.2) is 60.9 Å². The van der Waals surface area contributed by atoms with E-state index in [0.717, 1.165) is 77.4 Å². The molecule has 0 radical (unpaired) electrons. The minimum absolute atomic E-state index is 0.0844. The van der Waals surface area contributed by atoms with E-state index in [2.05, 4.69) is 79.4 Å². The topological polar surface area (TPSA) is 200 Å². The lowest BCUT2D eigenvalue weighted by atomic mass is 9.78. The van der Waals surface area contributed by atoms with E-state index in [1.54, 1.807) is 18.0 Å². The minimum atomic E-state index is -0.781. The molecule has 3 aliphatic rings. The monoisotopic (exact) mass is 834 g/mol. The highest BCUT2D eigenvalue weighted by Gasteiger charge is 2.53. The maximum atomic E-state index is 13.9. The first-order valence-electron chi connectivity index (χ1n) is 21.6. The number of likely N-dealkylation sites (tertiary alicyclic amines) is 1. The smallest absolute Gasteiger partial charge is 0.407 e. The van der Waals surface area contributed by atoms with Gasteiger partial charge in [0.2, 0.25) is 17.7 Å². The second kappa shape index (κ2) is 18.7. The summed E-state index contributed by atoms with van der Waals surface area (Å²) >= 11 is 0. The third-order valence-corrected chi connectivity index (χ3v) is 12.7. The van der Waals surface area contributed by atoms with Gasteiger partial charge in [0.25, 0.3) is 0 Å². The average molecular weight is 835 g/mol. The van der Waals surface area contributed by atoms with Crippen molar-refractivity contribution in [3.63, 3.8) is 0 Å². The van der Waals surface area contributed by atoms with Gasteiger partial charge in [-0.2, -0.15) is 0 Å². The summed E-state index contributed by atoms with van der Waals surface area (Å²) in [5.74, 6) is 0.151. The quantitative estimate of drug-likeness (QED) is 0.0875. The lowest BCUT2D eigenvalue weighted by Crippen LogP contribution is -2.53. The number of imidazole rings is 2. The number of benzene rings is 2. The van der Waals surface area contributed by atoms with Crippen molar-refractivity contribution in [2.75, 3.05) is 26.8 Å². The van der Waals surface area contributed by atoms with Crippen molar-refractivity contribution in [3.05, 3.63) is 72.6 Å². The van der Waals surface area contributed by atoms with Crippen LogP contribution in [0.5, 0.6) is 0 Å². The molecule has 15 nitrogen and oxygen atoms in total. The number of nitrogens with one attached hydrogen (secondary N) is 5. The summed E-state index contributed by atoms with van der Waals surface area (Å²) in [4.78, 5) is 82.7. The SMILES string of the molecule is CCOC(=O)CNC(=O)[C@@H](NC(=O)[C@@H]1[C@@H]2CC[C@@H](C2)[C@H]1c1ncc(-c2ccc(-c3ccc(-c4cnc([C@@H]5CCCN5C(=O)[C@@H](NC(=O)OC)C(C)C)[nH]4)cc3)cc2)[nH]1)C(C)C. The van der Waals surface area contributed by atoms with Crippen molar-refractivity contribution in [1.29, 1.82) is 0 Å². The molecule has 7 rings (SSSR count). The Morgan fingerprint density at radius 2 is 1.34 bits per heavy atom. The number of hydrogen-bond donors (Lipinski definition) is 5. The summed E-state index contributed by atoms with van der Waals surface area (Å²) in [7, 11) is 1.29. The molecule has 1 aliphatic heterocycles. The van der Waals surface area contributed by atoms with Crippen LogP contribution in [0.1, 0.15) is 90.3 Å². The van der Waals surface area contributed by atoms with Gasteiger partial charge in [0, 0.05) is 12.5 Å². The summed E-state index contributed by atoms with van der Waals surface area (Å²) in [5, 5.41) is 8.34. The van der Waals surface area contributed by atoms with E-state index >= 15 is 0 Å². The number of amides is 4. The van der Waals surface area contributed by atoms with Crippen molar-refractivity contribution < 1.29 is 33.4 Å². The second-order valence-corrected chi connectivity index (χ2v) is 17.2. The number of alkyl carbamates (subject to hydrolysis) is 1. The lowest BCUT2D eigenvalue weighted by molar-refractivity contribution is -0.143. The number of carbonyl (C=O) groups is 5. The standard InChI is InChI=1S/C46H58N8O7/c1-7-61-36(55)24-49-44(57)39(25(2)3)52-43(56)38-32-19-18-31(21-32)37(38)42-48-23-34(51-42)30-16-12-28(13-17-30)27-10-14-29(15-11-27)33-22-47-41(50-33)35-9-8-20-54(35)45(58)40(26(4)5)53-46(59)60-6/h10-17,22-23,25-26,31-32,35,37-40H,7-9,18-21,24H2,1-6H3,(H,47,50)(H,48,51)(H,49,57)(H,52,56)(H,53,59)/t31-,32+,35-,37+,38+,39-,40-/m0/s1. The molecule has 5 N–H and O–H groups in total. The largest absolute Gasteiger partial charge is 0.465 e. The number of methoxy groups -OCH3 is 1. The molecule has 2 saturated carbocycles. The Hall–Kier alpha value is -5.99. The fraction of sp³-hybridized carbons (Fsp3) is 0.500. The molecule has 2 aromatic heterocycles. The first-order chi connectivity index (χ1) is 29.4. The predicted molar refractivity (Wildman–Crippen MR) is 228 cm³/mol. The maximum Gasteiger partial charge on any atom is 0.407 e. The summed E-state index contributed by atoms with van der Waals surface area (Å²) < 4.78 is 9.70. The number of hydrogen-bond acceptors (Lipinski definition) is 9. The van der Waals surface area contributed by atoms with Crippen LogP contribution in [0.3, 0.4) is 0 Å². The molecule has 7 atom stereocenters. The van der Waals surface area contributed by atoms with Crippen LogP contribution in [0.2, 0.25) is 0 Å². The number of aromatic amines is 2. The van der Waals surface area contributed by atoms with Crippen LogP contribution in [0.4, 0.5) is 4.79 Å². The highest BCUT2D eigenvalue weighted by atomic mass is 16.5. The van der Waals surface area contributed by atoms with Gasteiger partial charge in [-0.05, 0) is 85.0 Å². The molecule has 15 heteroatoms. The van der Waals surface area contributed by atoms with Gasteiger partial charge in [-0.1, -0.05) is 76.2 Å². The van der Waals surface area contributed by atoms with Gasteiger partial charge in [-0.15, -0.1) is 0 Å². The molecule has 3 fully saturated rings. The van der Waals surface area contributed by atoms with Gasteiger partial charge >= 0.3 is 12.1 Å². The summed E-state index contributed by atoms with van der Waals surface area (Å²) in [6, 6.07) is 14.8. The number of H-pyrrole nitrogens is 2.